The molecule has 0 saturated carbocycles. The van der Waals surface area contributed by atoms with Gasteiger partial charge < -0.3 is 15.4 Å². The number of benzene rings is 1. The summed E-state index contributed by atoms with van der Waals surface area (Å²) < 4.78 is 7.05. The molecule has 0 atom stereocenters. The first-order valence-corrected chi connectivity index (χ1v) is 9.47. The Bertz CT molecular complexity index is 1060. The van der Waals surface area contributed by atoms with Crippen LogP contribution in [0.4, 0.5) is 5.82 Å². The van der Waals surface area contributed by atoms with E-state index in [9.17, 15) is 4.79 Å². The fourth-order valence-corrected chi connectivity index (χ4v) is 3.92. The number of carbonyl (C=O) groups is 1. The van der Waals surface area contributed by atoms with Gasteiger partial charge in [0.05, 0.1) is 19.3 Å². The van der Waals surface area contributed by atoms with Gasteiger partial charge in [0.2, 0.25) is 0 Å². The highest BCUT2D eigenvalue weighted by Gasteiger charge is 2.30. The third kappa shape index (κ3) is 2.79. The van der Waals surface area contributed by atoms with Crippen LogP contribution >= 0.6 is 0 Å². The molecule has 7 heteroatoms. The van der Waals surface area contributed by atoms with Crippen LogP contribution in [0.1, 0.15) is 27.2 Å². The molecule has 2 aliphatic rings. The maximum atomic E-state index is 12.3. The summed E-state index contributed by atoms with van der Waals surface area (Å²) >= 11 is 0. The Morgan fingerprint density at radius 3 is 2.93 bits per heavy atom. The van der Waals surface area contributed by atoms with E-state index < -0.39 is 0 Å². The number of anilines is 1. The smallest absolute Gasteiger partial charge is 0.269 e. The van der Waals surface area contributed by atoms with Crippen LogP contribution in [-0.2, 0) is 25.9 Å². The summed E-state index contributed by atoms with van der Waals surface area (Å²) in [6, 6.07) is 10.0. The lowest BCUT2D eigenvalue weighted by molar-refractivity contribution is 0.0923. The van der Waals surface area contributed by atoms with Gasteiger partial charge in [-0.2, -0.15) is 5.10 Å². The van der Waals surface area contributed by atoms with Crippen molar-refractivity contribution in [1.82, 2.24) is 20.1 Å². The van der Waals surface area contributed by atoms with E-state index in [0.29, 0.717) is 13.1 Å². The number of pyridine rings is 1. The summed E-state index contributed by atoms with van der Waals surface area (Å²) in [6.45, 7) is 2.02. The van der Waals surface area contributed by atoms with Crippen LogP contribution in [0.5, 0.6) is 5.75 Å². The molecule has 1 aromatic carbocycles. The highest BCUT2D eigenvalue weighted by molar-refractivity contribution is 5.97. The van der Waals surface area contributed by atoms with E-state index in [-0.39, 0.29) is 5.91 Å². The number of amides is 1. The van der Waals surface area contributed by atoms with E-state index in [0.717, 1.165) is 59.0 Å². The third-order valence-electron chi connectivity index (χ3n) is 5.39. The van der Waals surface area contributed by atoms with E-state index in [1.807, 2.05) is 41.2 Å². The molecule has 7 nitrogen and oxygen atoms in total. The van der Waals surface area contributed by atoms with Crippen LogP contribution in [0.25, 0.3) is 11.3 Å². The molecule has 0 bridgehead atoms. The topological polar surface area (TPSA) is 81.1 Å². The molecule has 1 aliphatic heterocycles. The van der Waals surface area contributed by atoms with Gasteiger partial charge in [0, 0.05) is 30.4 Å². The summed E-state index contributed by atoms with van der Waals surface area (Å²) in [5, 5.41) is 11.1. The molecule has 2 N–H and O–H groups in total. The van der Waals surface area contributed by atoms with E-state index in [1.165, 1.54) is 5.56 Å². The number of aromatic nitrogens is 3. The summed E-state index contributed by atoms with van der Waals surface area (Å²) in [5.41, 5.74) is 6.09. The highest BCUT2D eigenvalue weighted by atomic mass is 16.5. The molecule has 0 fully saturated rings. The Morgan fingerprint density at radius 1 is 1.25 bits per heavy atom. The van der Waals surface area contributed by atoms with Crippen molar-refractivity contribution in [2.24, 2.45) is 0 Å². The predicted molar refractivity (Wildman–Crippen MR) is 106 cm³/mol. The quantitative estimate of drug-likeness (QED) is 0.732. The lowest BCUT2D eigenvalue weighted by Gasteiger charge is -2.18. The van der Waals surface area contributed by atoms with Crippen LogP contribution in [0, 0.1) is 0 Å². The Hall–Kier alpha value is -3.35. The molecule has 0 unspecified atom stereocenters. The third-order valence-corrected chi connectivity index (χ3v) is 5.39. The molecule has 3 aromatic rings. The first kappa shape index (κ1) is 16.8. The summed E-state index contributed by atoms with van der Waals surface area (Å²) in [4.78, 5) is 16.9. The van der Waals surface area contributed by atoms with Gasteiger partial charge in [-0.15, -0.1) is 0 Å². The fraction of sp³-hybridized carbons (Fsp3) is 0.286. The second-order valence-electron chi connectivity index (χ2n) is 7.08. The van der Waals surface area contributed by atoms with Gasteiger partial charge >= 0.3 is 0 Å². The number of carbonyl (C=O) groups excluding carboxylic acids is 1. The Balaban J connectivity index is 1.43. The molecule has 142 valence electrons. The minimum atomic E-state index is -0.0182. The van der Waals surface area contributed by atoms with Crippen molar-refractivity contribution < 1.29 is 9.53 Å². The maximum absolute atomic E-state index is 12.3. The van der Waals surface area contributed by atoms with Crippen LogP contribution in [0.2, 0.25) is 0 Å². The van der Waals surface area contributed by atoms with Gasteiger partial charge in [0.25, 0.3) is 5.91 Å². The second kappa shape index (κ2) is 6.67. The molecule has 1 aliphatic carbocycles. The number of hydrogen-bond acceptors (Lipinski definition) is 5. The van der Waals surface area contributed by atoms with Crippen LogP contribution < -0.4 is 15.4 Å². The molecule has 28 heavy (non-hydrogen) atoms. The van der Waals surface area contributed by atoms with Crippen molar-refractivity contribution in [1.29, 1.82) is 0 Å². The maximum Gasteiger partial charge on any atom is 0.269 e. The van der Waals surface area contributed by atoms with Crippen molar-refractivity contribution in [2.75, 3.05) is 19.0 Å². The minimum absolute atomic E-state index is 0.0182. The van der Waals surface area contributed by atoms with Crippen molar-refractivity contribution in [3.8, 4) is 17.0 Å². The molecule has 0 radical (unpaired) electrons. The molecule has 0 spiro atoms. The van der Waals surface area contributed by atoms with Crippen molar-refractivity contribution >= 4 is 11.7 Å². The number of nitrogens with zero attached hydrogens (tertiary/aromatic N) is 3. The first-order chi connectivity index (χ1) is 13.7. The Morgan fingerprint density at radius 2 is 2.11 bits per heavy atom. The number of nitrogens with one attached hydrogen (secondary N) is 2. The van der Waals surface area contributed by atoms with Crippen LogP contribution in [0.3, 0.4) is 0 Å². The van der Waals surface area contributed by atoms with Crippen molar-refractivity contribution in [3.63, 3.8) is 0 Å². The van der Waals surface area contributed by atoms with Crippen LogP contribution in [0.15, 0.2) is 36.5 Å². The Kier molecular flexibility index (Phi) is 4.00. The van der Waals surface area contributed by atoms with Gasteiger partial charge in [-0.25, -0.2) is 4.98 Å². The summed E-state index contributed by atoms with van der Waals surface area (Å²) in [7, 11) is 1.66. The van der Waals surface area contributed by atoms with E-state index in [2.05, 4.69) is 15.6 Å². The lowest BCUT2D eigenvalue weighted by atomic mass is 9.90. The Labute approximate surface area is 162 Å². The van der Waals surface area contributed by atoms with Crippen LogP contribution in [-0.4, -0.2) is 34.3 Å². The molecule has 0 saturated heterocycles. The normalized spacial score (nSPS) is 14.5. The SMILES string of the molecule is COc1ccc(CNc2cc3c(cn2)CCc2c-3nn3c2C(=O)NCC3)cc1. The average Bonchev–Trinajstić information content (AvgIpc) is 3.13. The minimum Gasteiger partial charge on any atom is -0.497 e. The second-order valence-corrected chi connectivity index (χ2v) is 7.08. The zero-order valence-corrected chi connectivity index (χ0v) is 15.7. The summed E-state index contributed by atoms with van der Waals surface area (Å²) in [6.07, 6.45) is 3.62. The monoisotopic (exact) mass is 375 g/mol. The van der Waals surface area contributed by atoms with Crippen molar-refractivity contribution in [3.05, 3.63) is 58.9 Å². The molecule has 5 rings (SSSR count). The summed E-state index contributed by atoms with van der Waals surface area (Å²) in [5.74, 6) is 1.63. The number of aryl methyl sites for hydroxylation is 1. The largest absolute Gasteiger partial charge is 0.497 e. The number of fused-ring (bicyclic) bond motifs is 5. The zero-order valence-electron chi connectivity index (χ0n) is 15.7. The molecule has 1 amide bonds. The van der Waals surface area contributed by atoms with E-state index in [1.54, 1.807) is 7.11 Å². The molecule has 2 aromatic heterocycles. The molecular weight excluding hydrogens is 354 g/mol. The first-order valence-electron chi connectivity index (χ1n) is 9.47. The van der Waals surface area contributed by atoms with E-state index >= 15 is 0 Å². The number of hydrogen-bond donors (Lipinski definition) is 2. The number of methoxy groups -OCH3 is 1. The standard InChI is InChI=1S/C21H21N5O2/c1-28-15-5-2-13(3-6-15)11-23-18-10-17-14(12-24-18)4-7-16-19(17)25-26-9-8-22-21(27)20(16)26/h2-3,5-6,10,12H,4,7-9,11H2,1H3,(H,22,27)(H,23,24). The van der Waals surface area contributed by atoms with Gasteiger partial charge in [-0.3, -0.25) is 9.48 Å². The highest BCUT2D eigenvalue weighted by Crippen LogP contribution is 2.36. The predicted octanol–water partition coefficient (Wildman–Crippen LogP) is 2.41. The van der Waals surface area contributed by atoms with E-state index in [4.69, 9.17) is 9.84 Å². The number of rotatable bonds is 4. The van der Waals surface area contributed by atoms with Gasteiger partial charge in [0.15, 0.2) is 0 Å². The number of ether oxygens (including phenoxy) is 1. The zero-order chi connectivity index (χ0) is 19.1. The van der Waals surface area contributed by atoms with Crippen molar-refractivity contribution in [2.45, 2.75) is 25.9 Å². The molecule has 3 heterocycles. The average molecular weight is 375 g/mol. The molecular formula is C21H21N5O2. The van der Waals surface area contributed by atoms with Gasteiger partial charge in [-0.05, 0) is 42.2 Å². The lowest BCUT2D eigenvalue weighted by Crippen LogP contribution is -2.36. The van der Waals surface area contributed by atoms with Gasteiger partial charge in [0.1, 0.15) is 17.3 Å². The fourth-order valence-electron chi connectivity index (χ4n) is 3.92. The van der Waals surface area contributed by atoms with Gasteiger partial charge in [-0.1, -0.05) is 12.1 Å².